The number of amides is 1. The molecule has 0 fully saturated rings. The second kappa shape index (κ2) is 8.73. The van der Waals surface area contributed by atoms with Gasteiger partial charge in [0.2, 0.25) is 0 Å². The highest BCUT2D eigenvalue weighted by atomic mass is 16.2. The van der Waals surface area contributed by atoms with Crippen molar-refractivity contribution in [1.82, 2.24) is 24.6 Å². The van der Waals surface area contributed by atoms with Gasteiger partial charge in [0.25, 0.3) is 5.91 Å². The third-order valence-electron chi connectivity index (χ3n) is 5.03. The average Bonchev–Trinajstić information content (AvgIpc) is 2.95. The summed E-state index contributed by atoms with van der Waals surface area (Å²) < 4.78 is 1.84. The molecule has 3 heterocycles. The lowest BCUT2D eigenvalue weighted by Gasteiger charge is -2.18. The normalized spacial score (nSPS) is 14.6. The zero-order valence-corrected chi connectivity index (χ0v) is 17.7. The highest BCUT2D eigenvalue weighted by Gasteiger charge is 2.22. The number of carbonyl (C=O) groups is 1. The molecule has 0 aliphatic carbocycles. The van der Waals surface area contributed by atoms with Crippen LogP contribution in [0.25, 0.3) is 0 Å². The van der Waals surface area contributed by atoms with Crippen molar-refractivity contribution in [2.45, 2.75) is 33.2 Å². The van der Waals surface area contributed by atoms with Crippen LogP contribution in [0.4, 0.5) is 5.82 Å². The standard InChI is InChI=1S/C21H32N6O/c1-15(2)11-22-20-18(21(28)25(3)4)10-17-6-8-27(9-7-19(17)24-20)14-16-12-23-26(5)13-16/h10,12-13,15H,6-9,11,14H2,1-5H3,(H,22,24). The Labute approximate surface area is 167 Å². The molecule has 2 aromatic rings. The van der Waals surface area contributed by atoms with Gasteiger partial charge in [0.15, 0.2) is 0 Å². The lowest BCUT2D eigenvalue weighted by atomic mass is 10.0. The van der Waals surface area contributed by atoms with Gasteiger partial charge in [-0.3, -0.25) is 14.4 Å². The number of rotatable bonds is 6. The van der Waals surface area contributed by atoms with Gasteiger partial charge in [0.05, 0.1) is 11.8 Å². The molecule has 2 aromatic heterocycles. The van der Waals surface area contributed by atoms with Crippen molar-refractivity contribution >= 4 is 11.7 Å². The Hall–Kier alpha value is -2.41. The maximum Gasteiger partial charge on any atom is 0.257 e. The van der Waals surface area contributed by atoms with Gasteiger partial charge >= 0.3 is 0 Å². The van der Waals surface area contributed by atoms with Crippen molar-refractivity contribution in [1.29, 1.82) is 0 Å². The minimum atomic E-state index is -0.00183. The van der Waals surface area contributed by atoms with Gasteiger partial charge in [-0.2, -0.15) is 5.10 Å². The average molecular weight is 385 g/mol. The largest absolute Gasteiger partial charge is 0.369 e. The Bertz CT molecular complexity index is 826. The second-order valence-electron chi connectivity index (χ2n) is 8.26. The molecule has 0 spiro atoms. The molecule has 7 heteroatoms. The maximum absolute atomic E-state index is 12.7. The zero-order chi connectivity index (χ0) is 20.3. The summed E-state index contributed by atoms with van der Waals surface area (Å²) in [7, 11) is 5.52. The van der Waals surface area contributed by atoms with Crippen LogP contribution in [0.5, 0.6) is 0 Å². The first-order chi connectivity index (χ1) is 13.3. The van der Waals surface area contributed by atoms with Gasteiger partial charge in [0.1, 0.15) is 5.82 Å². The number of aryl methyl sites for hydroxylation is 1. The van der Waals surface area contributed by atoms with E-state index in [1.165, 1.54) is 11.1 Å². The van der Waals surface area contributed by atoms with E-state index in [0.717, 1.165) is 44.7 Å². The van der Waals surface area contributed by atoms with E-state index in [-0.39, 0.29) is 5.91 Å². The van der Waals surface area contributed by atoms with Crippen molar-refractivity contribution in [2.75, 3.05) is 39.0 Å². The third-order valence-corrected chi connectivity index (χ3v) is 5.03. The van der Waals surface area contributed by atoms with E-state index >= 15 is 0 Å². The van der Waals surface area contributed by atoms with Crippen LogP contribution in [0.15, 0.2) is 18.5 Å². The molecule has 7 nitrogen and oxygen atoms in total. The number of carbonyl (C=O) groups excluding carboxylic acids is 1. The molecule has 0 saturated heterocycles. The van der Waals surface area contributed by atoms with Crippen LogP contribution in [0.3, 0.4) is 0 Å². The summed E-state index contributed by atoms with van der Waals surface area (Å²) in [4.78, 5) is 21.7. The smallest absolute Gasteiger partial charge is 0.257 e. The Balaban J connectivity index is 1.81. The summed E-state index contributed by atoms with van der Waals surface area (Å²) in [5.41, 5.74) is 4.19. The fourth-order valence-electron chi connectivity index (χ4n) is 3.49. The quantitative estimate of drug-likeness (QED) is 0.827. The van der Waals surface area contributed by atoms with Crippen molar-refractivity contribution in [3.05, 3.63) is 40.8 Å². The number of nitrogens with one attached hydrogen (secondary N) is 1. The van der Waals surface area contributed by atoms with Crippen molar-refractivity contribution in [3.8, 4) is 0 Å². The van der Waals surface area contributed by atoms with Gasteiger partial charge in [-0.15, -0.1) is 0 Å². The SMILES string of the molecule is CC(C)CNc1nc2c(cc1C(=O)N(C)C)CCN(Cc1cnn(C)c1)CC2. The van der Waals surface area contributed by atoms with Crippen LogP contribution in [-0.4, -0.2) is 64.2 Å². The molecule has 28 heavy (non-hydrogen) atoms. The molecule has 1 N–H and O–H groups in total. The predicted molar refractivity (Wildman–Crippen MR) is 111 cm³/mol. The summed E-state index contributed by atoms with van der Waals surface area (Å²) in [6, 6.07) is 2.06. The number of hydrogen-bond donors (Lipinski definition) is 1. The van der Waals surface area contributed by atoms with E-state index in [2.05, 4.69) is 41.4 Å². The molecule has 1 amide bonds. The number of aromatic nitrogens is 3. The van der Waals surface area contributed by atoms with Crippen LogP contribution in [-0.2, 0) is 26.4 Å². The number of pyridine rings is 1. The molecule has 0 atom stereocenters. The lowest BCUT2D eigenvalue weighted by Crippen LogP contribution is -2.25. The Kier molecular flexibility index (Phi) is 6.34. The van der Waals surface area contributed by atoms with Crippen molar-refractivity contribution < 1.29 is 4.79 Å². The van der Waals surface area contributed by atoms with E-state index in [1.807, 2.05) is 17.9 Å². The maximum atomic E-state index is 12.7. The zero-order valence-electron chi connectivity index (χ0n) is 17.7. The van der Waals surface area contributed by atoms with Gasteiger partial charge in [-0.25, -0.2) is 4.98 Å². The van der Waals surface area contributed by atoms with Gasteiger partial charge in [-0.05, 0) is 24.0 Å². The summed E-state index contributed by atoms with van der Waals surface area (Å²) in [5.74, 6) is 1.20. The van der Waals surface area contributed by atoms with Gasteiger partial charge < -0.3 is 10.2 Å². The number of hydrogen-bond acceptors (Lipinski definition) is 5. The minimum absolute atomic E-state index is 0.00183. The Morgan fingerprint density at radius 2 is 2.04 bits per heavy atom. The highest BCUT2D eigenvalue weighted by Crippen LogP contribution is 2.23. The van der Waals surface area contributed by atoms with E-state index in [9.17, 15) is 4.79 Å². The Morgan fingerprint density at radius 1 is 1.29 bits per heavy atom. The van der Waals surface area contributed by atoms with Gasteiger partial charge in [-0.1, -0.05) is 13.8 Å². The molecule has 0 radical (unpaired) electrons. The molecule has 0 saturated carbocycles. The third kappa shape index (κ3) is 4.90. The van der Waals surface area contributed by atoms with E-state index in [4.69, 9.17) is 4.98 Å². The molecular formula is C21H32N6O. The van der Waals surface area contributed by atoms with E-state index < -0.39 is 0 Å². The monoisotopic (exact) mass is 384 g/mol. The van der Waals surface area contributed by atoms with Crippen molar-refractivity contribution in [3.63, 3.8) is 0 Å². The predicted octanol–water partition coefficient (Wildman–Crippen LogP) is 2.19. The van der Waals surface area contributed by atoms with Gasteiger partial charge in [0, 0.05) is 71.2 Å². The fourth-order valence-corrected chi connectivity index (χ4v) is 3.49. The first-order valence-corrected chi connectivity index (χ1v) is 10.0. The molecule has 0 unspecified atom stereocenters. The van der Waals surface area contributed by atoms with Crippen LogP contribution < -0.4 is 5.32 Å². The summed E-state index contributed by atoms with van der Waals surface area (Å²) >= 11 is 0. The summed E-state index contributed by atoms with van der Waals surface area (Å²) in [6.45, 7) is 7.91. The number of anilines is 1. The molecule has 152 valence electrons. The first-order valence-electron chi connectivity index (χ1n) is 10.0. The van der Waals surface area contributed by atoms with E-state index in [0.29, 0.717) is 17.3 Å². The molecule has 0 aromatic carbocycles. The summed E-state index contributed by atoms with van der Waals surface area (Å²) in [6.07, 6.45) is 5.79. The highest BCUT2D eigenvalue weighted by molar-refractivity contribution is 5.98. The second-order valence-corrected chi connectivity index (χ2v) is 8.26. The molecule has 1 aliphatic rings. The van der Waals surface area contributed by atoms with Crippen molar-refractivity contribution in [2.24, 2.45) is 13.0 Å². The van der Waals surface area contributed by atoms with Crippen LogP contribution in [0, 0.1) is 5.92 Å². The minimum Gasteiger partial charge on any atom is -0.369 e. The first kappa shape index (κ1) is 20.3. The van der Waals surface area contributed by atoms with Crippen LogP contribution in [0.1, 0.15) is 41.0 Å². The molecular weight excluding hydrogens is 352 g/mol. The molecule has 3 rings (SSSR count). The topological polar surface area (TPSA) is 66.3 Å². The lowest BCUT2D eigenvalue weighted by molar-refractivity contribution is 0.0828. The molecule has 1 aliphatic heterocycles. The van der Waals surface area contributed by atoms with Crippen LogP contribution in [0.2, 0.25) is 0 Å². The summed E-state index contributed by atoms with van der Waals surface area (Å²) in [5, 5.41) is 7.66. The Morgan fingerprint density at radius 3 is 2.68 bits per heavy atom. The fraction of sp³-hybridized carbons (Fsp3) is 0.571. The van der Waals surface area contributed by atoms with E-state index in [1.54, 1.807) is 19.0 Å². The van der Waals surface area contributed by atoms with Crippen LogP contribution >= 0.6 is 0 Å². The molecule has 0 bridgehead atoms. The number of nitrogens with zero attached hydrogens (tertiary/aromatic N) is 5. The number of fused-ring (bicyclic) bond motifs is 1.